The minimum atomic E-state index is -0.0400. The molecule has 3 rings (SSSR count). The molecule has 1 heterocycles. The zero-order valence-corrected chi connectivity index (χ0v) is 14.9. The third-order valence-corrected chi connectivity index (χ3v) is 5.16. The molecule has 1 aliphatic heterocycles. The van der Waals surface area contributed by atoms with Crippen LogP contribution in [0.3, 0.4) is 0 Å². The molecule has 1 aliphatic carbocycles. The Bertz CT molecular complexity index is 539. The second kappa shape index (κ2) is 8.22. The van der Waals surface area contributed by atoms with E-state index in [0.29, 0.717) is 29.3 Å². The number of hydrogen-bond donors (Lipinski definition) is 2. The maximum atomic E-state index is 12.3. The standard InChI is InChI=1S/C17H23ClN2O2.ClH/c1-22-16-7-6-11(8-13(16)18)10-19-17(21)15-9-12-4-2-3-5-14(12)20-15;/h6-8,12,14-15,20H,2-5,9-10H2,1H3,(H,19,21);1H. The average molecular weight is 359 g/mol. The predicted octanol–water partition coefficient (Wildman–Crippen LogP) is 3.31. The summed E-state index contributed by atoms with van der Waals surface area (Å²) in [7, 11) is 1.59. The summed E-state index contributed by atoms with van der Waals surface area (Å²) in [6.45, 7) is 0.496. The smallest absolute Gasteiger partial charge is 0.237 e. The van der Waals surface area contributed by atoms with E-state index in [1.165, 1.54) is 25.7 Å². The van der Waals surface area contributed by atoms with Gasteiger partial charge in [-0.3, -0.25) is 4.79 Å². The van der Waals surface area contributed by atoms with Crippen LogP contribution >= 0.6 is 24.0 Å². The molecule has 3 atom stereocenters. The van der Waals surface area contributed by atoms with E-state index in [4.69, 9.17) is 16.3 Å². The Labute approximate surface area is 148 Å². The fourth-order valence-electron chi connectivity index (χ4n) is 3.65. The molecule has 2 N–H and O–H groups in total. The minimum Gasteiger partial charge on any atom is -0.495 e. The summed E-state index contributed by atoms with van der Waals surface area (Å²) < 4.78 is 5.13. The Morgan fingerprint density at radius 2 is 2.17 bits per heavy atom. The monoisotopic (exact) mass is 358 g/mol. The lowest BCUT2D eigenvalue weighted by Gasteiger charge is -2.24. The van der Waals surface area contributed by atoms with Gasteiger partial charge in [0.25, 0.3) is 0 Å². The lowest BCUT2D eigenvalue weighted by atomic mass is 9.85. The highest BCUT2D eigenvalue weighted by Gasteiger charge is 2.37. The number of benzene rings is 1. The summed E-state index contributed by atoms with van der Waals surface area (Å²) in [5.74, 6) is 1.43. The first-order valence-corrected chi connectivity index (χ1v) is 8.41. The van der Waals surface area contributed by atoms with Crippen molar-refractivity contribution in [2.45, 2.75) is 50.7 Å². The van der Waals surface area contributed by atoms with E-state index in [9.17, 15) is 4.79 Å². The molecule has 1 aromatic carbocycles. The molecule has 2 aliphatic rings. The highest BCUT2D eigenvalue weighted by Crippen LogP contribution is 2.33. The summed E-state index contributed by atoms with van der Waals surface area (Å²) in [6, 6.07) is 6.09. The lowest BCUT2D eigenvalue weighted by molar-refractivity contribution is -0.123. The van der Waals surface area contributed by atoms with Gasteiger partial charge in [-0.1, -0.05) is 30.5 Å². The number of halogens is 2. The van der Waals surface area contributed by atoms with Gasteiger partial charge in [0.1, 0.15) is 5.75 Å². The first kappa shape index (κ1) is 18.4. The van der Waals surface area contributed by atoms with Gasteiger partial charge in [0, 0.05) is 12.6 Å². The van der Waals surface area contributed by atoms with Crippen molar-refractivity contribution in [1.82, 2.24) is 10.6 Å². The van der Waals surface area contributed by atoms with Gasteiger partial charge in [0.15, 0.2) is 0 Å². The minimum absolute atomic E-state index is 0. The van der Waals surface area contributed by atoms with E-state index < -0.39 is 0 Å². The second-order valence-corrected chi connectivity index (χ2v) is 6.70. The first-order chi connectivity index (χ1) is 10.7. The zero-order valence-electron chi connectivity index (χ0n) is 13.3. The highest BCUT2D eigenvalue weighted by molar-refractivity contribution is 6.32. The SMILES string of the molecule is COc1ccc(CNC(=O)C2CC3CCCCC3N2)cc1Cl.Cl. The Hall–Kier alpha value is -0.970. The van der Waals surface area contributed by atoms with Crippen molar-refractivity contribution in [2.24, 2.45) is 5.92 Å². The number of amides is 1. The van der Waals surface area contributed by atoms with Gasteiger partial charge in [0.05, 0.1) is 18.2 Å². The van der Waals surface area contributed by atoms with Crippen LogP contribution in [0.25, 0.3) is 0 Å². The van der Waals surface area contributed by atoms with Gasteiger partial charge >= 0.3 is 0 Å². The number of ether oxygens (including phenoxy) is 1. The summed E-state index contributed by atoms with van der Waals surface area (Å²) in [4.78, 5) is 12.3. The van der Waals surface area contributed by atoms with Crippen LogP contribution in [0.2, 0.25) is 5.02 Å². The lowest BCUT2D eigenvalue weighted by Crippen LogP contribution is -2.42. The zero-order chi connectivity index (χ0) is 15.5. The second-order valence-electron chi connectivity index (χ2n) is 6.29. The molecule has 6 heteroatoms. The fraction of sp³-hybridized carbons (Fsp3) is 0.588. The molecule has 1 saturated carbocycles. The quantitative estimate of drug-likeness (QED) is 0.867. The van der Waals surface area contributed by atoms with Gasteiger partial charge in [-0.05, 0) is 42.9 Å². The molecule has 3 unspecified atom stereocenters. The number of carbonyl (C=O) groups is 1. The molecule has 1 aromatic rings. The van der Waals surface area contributed by atoms with E-state index >= 15 is 0 Å². The topological polar surface area (TPSA) is 50.4 Å². The number of hydrogen-bond acceptors (Lipinski definition) is 3. The first-order valence-electron chi connectivity index (χ1n) is 8.03. The highest BCUT2D eigenvalue weighted by atomic mass is 35.5. The van der Waals surface area contributed by atoms with Crippen molar-refractivity contribution in [3.05, 3.63) is 28.8 Å². The van der Waals surface area contributed by atoms with Crippen molar-refractivity contribution in [3.8, 4) is 5.75 Å². The molecule has 0 aromatic heterocycles. The van der Waals surface area contributed by atoms with Crippen LogP contribution in [0.15, 0.2) is 18.2 Å². The van der Waals surface area contributed by atoms with Crippen LogP contribution < -0.4 is 15.4 Å². The van der Waals surface area contributed by atoms with Crippen molar-refractivity contribution < 1.29 is 9.53 Å². The molecule has 0 radical (unpaired) electrons. The summed E-state index contributed by atoms with van der Waals surface area (Å²) in [5, 5.41) is 7.08. The molecule has 4 nitrogen and oxygen atoms in total. The maximum absolute atomic E-state index is 12.3. The molecule has 0 spiro atoms. The normalized spacial score (nSPS) is 26.1. The van der Waals surface area contributed by atoms with E-state index in [2.05, 4.69) is 10.6 Å². The summed E-state index contributed by atoms with van der Waals surface area (Å²) >= 11 is 6.10. The van der Waals surface area contributed by atoms with Crippen molar-refractivity contribution in [2.75, 3.05) is 7.11 Å². The molecular formula is C17H24Cl2N2O2. The largest absolute Gasteiger partial charge is 0.495 e. The van der Waals surface area contributed by atoms with Crippen LogP contribution in [0.5, 0.6) is 5.75 Å². The van der Waals surface area contributed by atoms with Gasteiger partial charge in [0.2, 0.25) is 5.91 Å². The Morgan fingerprint density at radius 3 is 2.87 bits per heavy atom. The molecule has 23 heavy (non-hydrogen) atoms. The van der Waals surface area contributed by atoms with Crippen molar-refractivity contribution >= 4 is 29.9 Å². The van der Waals surface area contributed by atoms with Gasteiger partial charge in [-0.15, -0.1) is 12.4 Å². The van der Waals surface area contributed by atoms with Crippen LogP contribution in [0, 0.1) is 5.92 Å². The molecule has 1 amide bonds. The van der Waals surface area contributed by atoms with Crippen molar-refractivity contribution in [3.63, 3.8) is 0 Å². The predicted molar refractivity (Wildman–Crippen MR) is 94.4 cm³/mol. The molecule has 1 saturated heterocycles. The number of fused-ring (bicyclic) bond motifs is 1. The molecule has 0 bridgehead atoms. The van der Waals surface area contributed by atoms with Gasteiger partial charge in [-0.25, -0.2) is 0 Å². The van der Waals surface area contributed by atoms with Gasteiger partial charge < -0.3 is 15.4 Å². The summed E-state index contributed by atoms with van der Waals surface area (Å²) in [5.41, 5.74) is 0.981. The van der Waals surface area contributed by atoms with Crippen LogP contribution in [0.4, 0.5) is 0 Å². The molecule has 128 valence electrons. The Kier molecular flexibility index (Phi) is 6.57. The third-order valence-electron chi connectivity index (χ3n) is 4.86. The van der Waals surface area contributed by atoms with E-state index in [-0.39, 0.29) is 24.4 Å². The van der Waals surface area contributed by atoms with E-state index in [1.54, 1.807) is 7.11 Å². The number of nitrogens with one attached hydrogen (secondary N) is 2. The summed E-state index contributed by atoms with van der Waals surface area (Å²) in [6.07, 6.45) is 6.03. The average Bonchev–Trinajstić information content (AvgIpc) is 2.97. The third kappa shape index (κ3) is 4.31. The van der Waals surface area contributed by atoms with E-state index in [1.807, 2.05) is 18.2 Å². The van der Waals surface area contributed by atoms with E-state index in [0.717, 1.165) is 12.0 Å². The molecule has 2 fully saturated rings. The fourth-order valence-corrected chi connectivity index (χ4v) is 3.93. The Morgan fingerprint density at radius 1 is 1.39 bits per heavy atom. The van der Waals surface area contributed by atoms with Crippen molar-refractivity contribution in [1.29, 1.82) is 0 Å². The number of carbonyl (C=O) groups excluding carboxylic acids is 1. The number of methoxy groups -OCH3 is 1. The Balaban J connectivity index is 0.00000192. The maximum Gasteiger partial charge on any atom is 0.237 e. The van der Waals surface area contributed by atoms with Gasteiger partial charge in [-0.2, -0.15) is 0 Å². The van der Waals surface area contributed by atoms with Crippen LogP contribution in [-0.2, 0) is 11.3 Å². The molecular weight excluding hydrogens is 335 g/mol. The number of rotatable bonds is 4. The van der Waals surface area contributed by atoms with Crippen LogP contribution in [-0.4, -0.2) is 25.1 Å². The van der Waals surface area contributed by atoms with Crippen LogP contribution in [0.1, 0.15) is 37.7 Å².